The largest absolute Gasteiger partial charge is 0.390 e. The van der Waals surface area contributed by atoms with Gasteiger partial charge in [-0.15, -0.1) is 11.3 Å². The summed E-state index contributed by atoms with van der Waals surface area (Å²) in [6, 6.07) is 0. The molecule has 0 bridgehead atoms. The maximum absolute atomic E-state index is 12.1. The fourth-order valence-electron chi connectivity index (χ4n) is 1.58. The smallest absolute Gasteiger partial charge is 0.371 e. The molecule has 0 unspecified atom stereocenters. The number of alkyl halides is 3. The maximum atomic E-state index is 12.1. The molecule has 11 heteroatoms. The summed E-state index contributed by atoms with van der Waals surface area (Å²) in [5, 5.41) is 4.06. The van der Waals surface area contributed by atoms with Gasteiger partial charge in [-0.2, -0.15) is 13.2 Å². The molecule has 112 valence electrons. The van der Waals surface area contributed by atoms with Crippen molar-refractivity contribution in [1.82, 2.24) is 14.1 Å². The van der Waals surface area contributed by atoms with Gasteiger partial charge >= 0.3 is 6.18 Å². The zero-order chi connectivity index (χ0) is 15.0. The molecule has 0 atom stereocenters. The van der Waals surface area contributed by atoms with Crippen LogP contribution < -0.4 is 10.0 Å². The van der Waals surface area contributed by atoms with E-state index in [1.54, 1.807) is 5.38 Å². The van der Waals surface area contributed by atoms with Crippen molar-refractivity contribution in [2.75, 3.05) is 18.9 Å². The van der Waals surface area contributed by atoms with Crippen molar-refractivity contribution in [2.45, 2.75) is 17.6 Å². The van der Waals surface area contributed by atoms with Gasteiger partial charge in [-0.25, -0.2) is 18.1 Å². The minimum absolute atomic E-state index is 0.0939. The van der Waals surface area contributed by atoms with Gasteiger partial charge in [0.2, 0.25) is 0 Å². The van der Waals surface area contributed by atoms with Crippen LogP contribution in [0.5, 0.6) is 0 Å². The van der Waals surface area contributed by atoms with Crippen LogP contribution in [0.25, 0.3) is 4.96 Å². The highest BCUT2D eigenvalue weighted by atomic mass is 32.2. The Kier molecular flexibility index (Phi) is 3.93. The quantitative estimate of drug-likeness (QED) is 0.875. The Morgan fingerprint density at radius 1 is 1.45 bits per heavy atom. The number of halogens is 3. The first-order valence-corrected chi connectivity index (χ1v) is 7.80. The number of aromatic nitrogens is 2. The van der Waals surface area contributed by atoms with E-state index in [9.17, 15) is 21.6 Å². The van der Waals surface area contributed by atoms with E-state index in [2.05, 4.69) is 10.3 Å². The Morgan fingerprint density at radius 2 is 2.15 bits per heavy atom. The van der Waals surface area contributed by atoms with Gasteiger partial charge in [0, 0.05) is 25.2 Å². The Labute approximate surface area is 116 Å². The van der Waals surface area contributed by atoms with Gasteiger partial charge < -0.3 is 5.32 Å². The lowest BCUT2D eigenvalue weighted by Crippen LogP contribution is -2.29. The summed E-state index contributed by atoms with van der Waals surface area (Å²) in [4.78, 5) is 4.48. The second kappa shape index (κ2) is 5.22. The average molecular weight is 328 g/mol. The molecule has 2 aromatic rings. The molecule has 0 radical (unpaired) electrons. The van der Waals surface area contributed by atoms with Crippen LogP contribution in [0.15, 0.2) is 16.6 Å². The van der Waals surface area contributed by atoms with Gasteiger partial charge in [-0.3, -0.25) is 4.40 Å². The first-order chi connectivity index (χ1) is 9.24. The highest BCUT2D eigenvalue weighted by Crippen LogP contribution is 2.25. The van der Waals surface area contributed by atoms with Crippen LogP contribution in [0.1, 0.15) is 6.42 Å². The molecule has 2 aromatic heterocycles. The number of thiazole rings is 1. The second-order valence-electron chi connectivity index (χ2n) is 3.83. The van der Waals surface area contributed by atoms with Gasteiger partial charge in [-0.1, -0.05) is 0 Å². The molecule has 20 heavy (non-hydrogen) atoms. The van der Waals surface area contributed by atoms with Crippen LogP contribution in [-0.2, 0) is 10.0 Å². The number of nitrogens with zero attached hydrogens (tertiary/aromatic N) is 2. The van der Waals surface area contributed by atoms with E-state index in [0.29, 0.717) is 4.96 Å². The van der Waals surface area contributed by atoms with Crippen LogP contribution in [0.4, 0.5) is 19.0 Å². The lowest BCUT2D eigenvalue weighted by atomic mass is 10.4. The molecule has 0 saturated heterocycles. The molecule has 0 aromatic carbocycles. The number of hydrogen-bond acceptors (Lipinski definition) is 5. The molecule has 2 heterocycles. The van der Waals surface area contributed by atoms with Crippen molar-refractivity contribution in [3.05, 3.63) is 11.6 Å². The predicted molar refractivity (Wildman–Crippen MR) is 68.5 cm³/mol. The van der Waals surface area contributed by atoms with E-state index in [1.807, 2.05) is 4.72 Å². The summed E-state index contributed by atoms with van der Waals surface area (Å²) in [5.41, 5.74) is 0. The molecule has 0 spiro atoms. The number of hydrogen-bond donors (Lipinski definition) is 2. The molecule has 0 saturated carbocycles. The molecule has 0 aliphatic carbocycles. The van der Waals surface area contributed by atoms with Crippen molar-refractivity contribution in [3.8, 4) is 0 Å². The number of sulfonamides is 1. The van der Waals surface area contributed by atoms with Crippen molar-refractivity contribution >= 4 is 32.1 Å². The normalized spacial score (nSPS) is 13.0. The number of anilines is 1. The molecule has 0 fully saturated rings. The number of imidazole rings is 1. The fourth-order valence-corrected chi connectivity index (χ4v) is 3.67. The minimum Gasteiger partial charge on any atom is -0.371 e. The SMILES string of the molecule is CNc1nc2sccn2c1S(=O)(=O)NCCC(F)(F)F. The topological polar surface area (TPSA) is 75.5 Å². The highest BCUT2D eigenvalue weighted by molar-refractivity contribution is 7.89. The molecule has 2 rings (SSSR count). The van der Waals surface area contributed by atoms with Crippen molar-refractivity contribution in [1.29, 1.82) is 0 Å². The summed E-state index contributed by atoms with van der Waals surface area (Å²) in [6.07, 6.45) is -4.15. The van der Waals surface area contributed by atoms with Crippen LogP contribution in [0, 0.1) is 0 Å². The van der Waals surface area contributed by atoms with Gasteiger partial charge in [0.25, 0.3) is 10.0 Å². The Hall–Kier alpha value is -1.33. The maximum Gasteiger partial charge on any atom is 0.390 e. The second-order valence-corrected chi connectivity index (χ2v) is 6.39. The molecule has 0 aliphatic rings. The van der Waals surface area contributed by atoms with E-state index >= 15 is 0 Å². The molecule has 0 amide bonds. The first kappa shape index (κ1) is 15.1. The minimum atomic E-state index is -4.41. The Bertz CT molecular complexity index is 704. The standard InChI is InChI=1S/C9H11F3N4O2S2/c1-13-6-7(16-4-5-19-8(16)15-6)20(17,18)14-3-2-9(10,11)12/h4-5,13-14H,2-3H2,1H3. The fraction of sp³-hybridized carbons (Fsp3) is 0.444. The van der Waals surface area contributed by atoms with Crippen molar-refractivity contribution < 1.29 is 21.6 Å². The predicted octanol–water partition coefficient (Wildman–Crippen LogP) is 1.67. The number of nitrogens with one attached hydrogen (secondary N) is 2. The molecular weight excluding hydrogens is 317 g/mol. The van der Waals surface area contributed by atoms with Crippen molar-refractivity contribution in [2.24, 2.45) is 0 Å². The molecular formula is C9H11F3N4O2S2. The van der Waals surface area contributed by atoms with Gasteiger partial charge in [0.15, 0.2) is 15.8 Å². The molecule has 6 nitrogen and oxygen atoms in total. The lowest BCUT2D eigenvalue weighted by Gasteiger charge is -2.09. The van der Waals surface area contributed by atoms with E-state index in [0.717, 1.165) is 0 Å². The van der Waals surface area contributed by atoms with Crippen LogP contribution in [0.2, 0.25) is 0 Å². The Morgan fingerprint density at radius 3 is 2.75 bits per heavy atom. The number of fused-ring (bicyclic) bond motifs is 1. The van der Waals surface area contributed by atoms with E-state index in [-0.39, 0.29) is 10.8 Å². The first-order valence-electron chi connectivity index (χ1n) is 5.44. The summed E-state index contributed by atoms with van der Waals surface area (Å²) in [7, 11) is -2.60. The summed E-state index contributed by atoms with van der Waals surface area (Å²) in [6.45, 7) is -0.716. The molecule has 0 aliphatic heterocycles. The van der Waals surface area contributed by atoms with Crippen molar-refractivity contribution in [3.63, 3.8) is 0 Å². The third-order valence-corrected chi connectivity index (χ3v) is 4.65. The van der Waals surface area contributed by atoms with Gasteiger partial charge in [0.1, 0.15) is 0 Å². The van der Waals surface area contributed by atoms with E-state index in [4.69, 9.17) is 0 Å². The third kappa shape index (κ3) is 3.04. The van der Waals surface area contributed by atoms with E-state index < -0.39 is 29.2 Å². The summed E-state index contributed by atoms with van der Waals surface area (Å²) < 4.78 is 63.6. The lowest BCUT2D eigenvalue weighted by molar-refractivity contribution is -0.132. The zero-order valence-electron chi connectivity index (χ0n) is 10.2. The third-order valence-electron chi connectivity index (χ3n) is 2.41. The van der Waals surface area contributed by atoms with Crippen LogP contribution in [0.3, 0.4) is 0 Å². The summed E-state index contributed by atoms with van der Waals surface area (Å²) >= 11 is 1.22. The monoisotopic (exact) mass is 328 g/mol. The molecule has 2 N–H and O–H groups in total. The Balaban J connectivity index is 2.29. The number of rotatable bonds is 5. The summed E-state index contributed by atoms with van der Waals surface area (Å²) in [5.74, 6) is 0.0939. The van der Waals surface area contributed by atoms with Crippen LogP contribution >= 0.6 is 11.3 Å². The van der Waals surface area contributed by atoms with Crippen LogP contribution in [-0.4, -0.2) is 37.6 Å². The van der Waals surface area contributed by atoms with E-state index in [1.165, 1.54) is 29.0 Å². The average Bonchev–Trinajstić information content (AvgIpc) is 2.84. The highest BCUT2D eigenvalue weighted by Gasteiger charge is 2.30. The van der Waals surface area contributed by atoms with Gasteiger partial charge in [0.05, 0.1) is 6.42 Å². The van der Waals surface area contributed by atoms with Gasteiger partial charge in [-0.05, 0) is 0 Å². The zero-order valence-corrected chi connectivity index (χ0v) is 11.9.